The van der Waals surface area contributed by atoms with Gasteiger partial charge >= 0.3 is 0 Å². The van der Waals surface area contributed by atoms with Crippen LogP contribution in [-0.4, -0.2) is 38.3 Å². The summed E-state index contributed by atoms with van der Waals surface area (Å²) in [5.74, 6) is 0. The van der Waals surface area contributed by atoms with E-state index in [0.717, 1.165) is 6.54 Å². The number of piperidine rings is 1. The summed E-state index contributed by atoms with van der Waals surface area (Å²) >= 11 is 0. The SMILES string of the molecule is Cc1cccc(N2CCC(N[C@H]3CCNC3)CC2)c1. The largest absolute Gasteiger partial charge is 0.371 e. The van der Waals surface area contributed by atoms with Gasteiger partial charge in [0.1, 0.15) is 0 Å². The van der Waals surface area contributed by atoms with E-state index in [4.69, 9.17) is 0 Å². The summed E-state index contributed by atoms with van der Waals surface area (Å²) < 4.78 is 0. The molecule has 0 aliphatic carbocycles. The molecule has 1 aromatic rings. The van der Waals surface area contributed by atoms with E-state index in [1.165, 1.54) is 50.1 Å². The molecular formula is C16H25N3. The van der Waals surface area contributed by atoms with Crippen LogP contribution in [0.15, 0.2) is 24.3 Å². The van der Waals surface area contributed by atoms with Crippen LogP contribution in [0.5, 0.6) is 0 Å². The van der Waals surface area contributed by atoms with Crippen LogP contribution < -0.4 is 15.5 Å². The number of anilines is 1. The van der Waals surface area contributed by atoms with E-state index in [0.29, 0.717) is 12.1 Å². The summed E-state index contributed by atoms with van der Waals surface area (Å²) in [4.78, 5) is 2.53. The van der Waals surface area contributed by atoms with Crippen LogP contribution in [0.1, 0.15) is 24.8 Å². The molecule has 3 nitrogen and oxygen atoms in total. The van der Waals surface area contributed by atoms with Gasteiger partial charge in [-0.1, -0.05) is 12.1 Å². The van der Waals surface area contributed by atoms with Crippen molar-refractivity contribution in [3.63, 3.8) is 0 Å². The summed E-state index contributed by atoms with van der Waals surface area (Å²) in [5.41, 5.74) is 2.75. The minimum absolute atomic E-state index is 0.704. The molecule has 0 unspecified atom stereocenters. The Morgan fingerprint density at radius 2 is 2.00 bits per heavy atom. The second-order valence-corrected chi connectivity index (χ2v) is 5.96. The number of hydrogen-bond acceptors (Lipinski definition) is 3. The molecule has 2 N–H and O–H groups in total. The third-order valence-corrected chi connectivity index (χ3v) is 4.39. The number of nitrogens with one attached hydrogen (secondary N) is 2. The average molecular weight is 259 g/mol. The standard InChI is InChI=1S/C16H25N3/c1-13-3-2-4-16(11-13)19-9-6-14(7-10-19)18-15-5-8-17-12-15/h2-4,11,14-15,17-18H,5-10,12H2,1H3/t15-/m0/s1. The Hall–Kier alpha value is -1.06. The minimum Gasteiger partial charge on any atom is -0.371 e. The molecule has 2 aliphatic heterocycles. The Balaban J connectivity index is 1.51. The highest BCUT2D eigenvalue weighted by atomic mass is 15.2. The van der Waals surface area contributed by atoms with Crippen molar-refractivity contribution in [1.29, 1.82) is 0 Å². The summed E-state index contributed by atoms with van der Waals surface area (Å²) in [6, 6.07) is 10.3. The lowest BCUT2D eigenvalue weighted by Crippen LogP contribution is -2.46. The predicted molar refractivity (Wildman–Crippen MR) is 80.8 cm³/mol. The third kappa shape index (κ3) is 3.28. The Morgan fingerprint density at radius 1 is 1.16 bits per heavy atom. The zero-order valence-corrected chi connectivity index (χ0v) is 11.9. The Morgan fingerprint density at radius 3 is 2.68 bits per heavy atom. The highest BCUT2D eigenvalue weighted by molar-refractivity contribution is 5.48. The second-order valence-electron chi connectivity index (χ2n) is 5.96. The maximum absolute atomic E-state index is 3.81. The fraction of sp³-hybridized carbons (Fsp3) is 0.625. The quantitative estimate of drug-likeness (QED) is 0.868. The van der Waals surface area contributed by atoms with Gasteiger partial charge in [-0.25, -0.2) is 0 Å². The molecule has 0 saturated carbocycles. The minimum atomic E-state index is 0.704. The molecular weight excluding hydrogens is 234 g/mol. The normalized spacial score (nSPS) is 24.9. The summed E-state index contributed by atoms with van der Waals surface area (Å²) in [6.07, 6.45) is 3.83. The van der Waals surface area contributed by atoms with E-state index in [1.54, 1.807) is 0 Å². The fourth-order valence-electron chi connectivity index (χ4n) is 3.26. The van der Waals surface area contributed by atoms with Gasteiger partial charge in [-0.15, -0.1) is 0 Å². The Bertz CT molecular complexity index is 404. The van der Waals surface area contributed by atoms with Crippen molar-refractivity contribution in [3.8, 4) is 0 Å². The monoisotopic (exact) mass is 259 g/mol. The number of rotatable bonds is 3. The van der Waals surface area contributed by atoms with Crippen molar-refractivity contribution in [3.05, 3.63) is 29.8 Å². The van der Waals surface area contributed by atoms with Crippen molar-refractivity contribution in [2.75, 3.05) is 31.1 Å². The van der Waals surface area contributed by atoms with E-state index >= 15 is 0 Å². The first-order valence-corrected chi connectivity index (χ1v) is 7.59. The first kappa shape index (κ1) is 12.9. The maximum Gasteiger partial charge on any atom is 0.0368 e. The van der Waals surface area contributed by atoms with Gasteiger partial charge in [-0.05, 0) is 50.4 Å². The van der Waals surface area contributed by atoms with Crippen molar-refractivity contribution in [2.45, 2.75) is 38.3 Å². The van der Waals surface area contributed by atoms with Crippen molar-refractivity contribution in [1.82, 2.24) is 10.6 Å². The zero-order chi connectivity index (χ0) is 13.1. The number of aryl methyl sites for hydroxylation is 1. The Labute approximate surface area is 116 Å². The van der Waals surface area contributed by atoms with Gasteiger partial charge in [0.15, 0.2) is 0 Å². The molecule has 1 atom stereocenters. The predicted octanol–water partition coefficient (Wildman–Crippen LogP) is 1.92. The summed E-state index contributed by atoms with van der Waals surface area (Å²) in [5, 5.41) is 7.24. The molecule has 3 rings (SSSR count). The van der Waals surface area contributed by atoms with Gasteiger partial charge in [0.2, 0.25) is 0 Å². The lowest BCUT2D eigenvalue weighted by Gasteiger charge is -2.35. The molecule has 2 heterocycles. The molecule has 0 bridgehead atoms. The molecule has 0 aromatic heterocycles. The molecule has 0 spiro atoms. The van der Waals surface area contributed by atoms with Crippen LogP contribution in [0.2, 0.25) is 0 Å². The average Bonchev–Trinajstić information content (AvgIpc) is 2.92. The van der Waals surface area contributed by atoms with Crippen LogP contribution in [0.25, 0.3) is 0 Å². The van der Waals surface area contributed by atoms with Gasteiger partial charge in [0.25, 0.3) is 0 Å². The van der Waals surface area contributed by atoms with Gasteiger partial charge in [-0.2, -0.15) is 0 Å². The maximum atomic E-state index is 3.81. The van der Waals surface area contributed by atoms with Crippen molar-refractivity contribution in [2.24, 2.45) is 0 Å². The van der Waals surface area contributed by atoms with E-state index in [9.17, 15) is 0 Å². The molecule has 104 valence electrons. The van der Waals surface area contributed by atoms with Gasteiger partial charge in [0, 0.05) is 37.4 Å². The highest BCUT2D eigenvalue weighted by Crippen LogP contribution is 2.21. The van der Waals surface area contributed by atoms with E-state index in [-0.39, 0.29) is 0 Å². The fourth-order valence-corrected chi connectivity index (χ4v) is 3.26. The molecule has 0 radical (unpaired) electrons. The second kappa shape index (κ2) is 5.93. The smallest absolute Gasteiger partial charge is 0.0368 e. The van der Waals surface area contributed by atoms with Crippen LogP contribution >= 0.6 is 0 Å². The van der Waals surface area contributed by atoms with Crippen molar-refractivity contribution < 1.29 is 0 Å². The van der Waals surface area contributed by atoms with Gasteiger partial charge in [-0.3, -0.25) is 0 Å². The van der Waals surface area contributed by atoms with Gasteiger partial charge in [0.05, 0.1) is 0 Å². The van der Waals surface area contributed by atoms with Crippen LogP contribution in [0.4, 0.5) is 5.69 Å². The van der Waals surface area contributed by atoms with Crippen LogP contribution in [0, 0.1) is 6.92 Å². The topological polar surface area (TPSA) is 27.3 Å². The Kier molecular flexibility index (Phi) is 4.04. The lowest BCUT2D eigenvalue weighted by atomic mass is 10.0. The molecule has 2 saturated heterocycles. The lowest BCUT2D eigenvalue weighted by molar-refractivity contribution is 0.375. The van der Waals surface area contributed by atoms with E-state index in [1.807, 2.05) is 0 Å². The number of benzene rings is 1. The summed E-state index contributed by atoms with van der Waals surface area (Å²) in [7, 11) is 0. The molecule has 3 heteroatoms. The molecule has 19 heavy (non-hydrogen) atoms. The van der Waals surface area contributed by atoms with Crippen LogP contribution in [-0.2, 0) is 0 Å². The third-order valence-electron chi connectivity index (χ3n) is 4.39. The molecule has 2 fully saturated rings. The number of nitrogens with zero attached hydrogens (tertiary/aromatic N) is 1. The van der Waals surface area contributed by atoms with Gasteiger partial charge < -0.3 is 15.5 Å². The first-order chi connectivity index (χ1) is 9.31. The van der Waals surface area contributed by atoms with E-state index in [2.05, 4.69) is 46.7 Å². The van der Waals surface area contributed by atoms with E-state index < -0.39 is 0 Å². The summed E-state index contributed by atoms with van der Waals surface area (Å²) in [6.45, 7) is 6.87. The molecule has 2 aliphatic rings. The molecule has 0 amide bonds. The van der Waals surface area contributed by atoms with Crippen molar-refractivity contribution >= 4 is 5.69 Å². The van der Waals surface area contributed by atoms with Crippen LogP contribution in [0.3, 0.4) is 0 Å². The first-order valence-electron chi connectivity index (χ1n) is 7.59. The highest BCUT2D eigenvalue weighted by Gasteiger charge is 2.23. The number of hydrogen-bond donors (Lipinski definition) is 2. The molecule has 1 aromatic carbocycles. The zero-order valence-electron chi connectivity index (χ0n) is 11.9.